The molecule has 4 heterocycles. The van der Waals surface area contributed by atoms with Crippen molar-refractivity contribution in [2.75, 3.05) is 65.7 Å². The van der Waals surface area contributed by atoms with Crippen molar-refractivity contribution in [3.63, 3.8) is 0 Å². The number of carbonyl (C=O) groups excluding carboxylic acids is 2. The number of hydrogen-bond donors (Lipinski definition) is 2. The molecule has 0 atom stereocenters. The van der Waals surface area contributed by atoms with Gasteiger partial charge in [-0.1, -0.05) is 109 Å². The van der Waals surface area contributed by atoms with E-state index in [2.05, 4.69) is 92.6 Å². The van der Waals surface area contributed by atoms with Gasteiger partial charge in [-0.05, 0) is 129 Å². The molecule has 0 aliphatic carbocycles. The van der Waals surface area contributed by atoms with E-state index in [1.54, 1.807) is 0 Å². The summed E-state index contributed by atoms with van der Waals surface area (Å²) in [5.74, 6) is 1.33. The molecule has 82 heavy (non-hydrogen) atoms. The van der Waals surface area contributed by atoms with E-state index in [4.69, 9.17) is 28.4 Å². The first-order chi connectivity index (χ1) is 40.3. The highest BCUT2D eigenvalue weighted by Crippen LogP contribution is 2.42. The number of esters is 2. The van der Waals surface area contributed by atoms with Gasteiger partial charge in [0.1, 0.15) is 34.2 Å². The lowest BCUT2D eigenvalue weighted by molar-refractivity contribution is -0.193. The fourth-order valence-electron chi connectivity index (χ4n) is 12.0. The number of carbonyl (C=O) groups is 2. The summed E-state index contributed by atoms with van der Waals surface area (Å²) >= 11 is 0. The molecule has 10 aromatic rings. The van der Waals surface area contributed by atoms with Crippen LogP contribution in [0.2, 0.25) is 0 Å². The molecule has 2 N–H and O–H groups in total. The topological polar surface area (TPSA) is 128 Å². The zero-order valence-corrected chi connectivity index (χ0v) is 46.4. The number of nitrogens with one attached hydrogen (secondary N) is 2. The SMILES string of the molecule is O=C(OC1(c2ccc3cc(OCCc4ccccc4)ccc3c2)CCN(CCCOc2cccc3[nH]ccc23)CC1)C(=O)OC1(c2ccc3cc(OCCc4ccccc4)ccc3c2)CCN(CCCOc2cccc3[nH]ccc23)CC1. The number of H-pyrrole nitrogens is 2. The average Bonchev–Trinajstić information content (AvgIpc) is 4.25. The van der Waals surface area contributed by atoms with Crippen LogP contribution in [0, 0.1) is 0 Å². The Morgan fingerprint density at radius 1 is 0.415 bits per heavy atom. The summed E-state index contributed by atoms with van der Waals surface area (Å²) < 4.78 is 38.2. The summed E-state index contributed by atoms with van der Waals surface area (Å²) in [4.78, 5) is 40.7. The van der Waals surface area contributed by atoms with Crippen molar-refractivity contribution in [2.24, 2.45) is 0 Å². The molecule has 0 amide bonds. The van der Waals surface area contributed by atoms with Gasteiger partial charge in [-0.2, -0.15) is 0 Å². The van der Waals surface area contributed by atoms with E-state index in [-0.39, 0.29) is 0 Å². The van der Waals surface area contributed by atoms with Crippen LogP contribution in [0.5, 0.6) is 23.0 Å². The first-order valence-corrected chi connectivity index (χ1v) is 29.0. The van der Waals surface area contributed by atoms with Crippen molar-refractivity contribution in [3.8, 4) is 23.0 Å². The highest BCUT2D eigenvalue weighted by molar-refractivity contribution is 6.30. The van der Waals surface area contributed by atoms with Crippen molar-refractivity contribution in [2.45, 2.75) is 62.6 Å². The molecule has 0 bridgehead atoms. The largest absolute Gasteiger partial charge is 0.493 e. The quantitative estimate of drug-likeness (QED) is 0.0385. The molecule has 0 saturated carbocycles. The fourth-order valence-corrected chi connectivity index (χ4v) is 12.0. The van der Waals surface area contributed by atoms with E-state index in [1.807, 2.05) is 122 Å². The number of benzene rings is 8. The van der Waals surface area contributed by atoms with Crippen molar-refractivity contribution >= 4 is 55.3 Å². The molecule has 0 radical (unpaired) electrons. The molecule has 2 saturated heterocycles. The maximum atomic E-state index is 14.7. The van der Waals surface area contributed by atoms with E-state index >= 15 is 0 Å². The number of rotatable bonds is 22. The second-order valence-corrected chi connectivity index (χ2v) is 21.9. The summed E-state index contributed by atoms with van der Waals surface area (Å²) in [5, 5.41) is 6.12. The lowest BCUT2D eigenvalue weighted by atomic mass is 9.82. The molecule has 12 rings (SSSR count). The third-order valence-electron chi connectivity index (χ3n) is 16.6. The van der Waals surface area contributed by atoms with E-state index in [0.29, 0.717) is 78.3 Å². The molecular formula is C70H70N4O8. The Balaban J connectivity index is 0.755. The highest BCUT2D eigenvalue weighted by Gasteiger charge is 2.45. The van der Waals surface area contributed by atoms with E-state index < -0.39 is 23.1 Å². The summed E-state index contributed by atoms with van der Waals surface area (Å²) in [5.41, 5.74) is 4.06. The Morgan fingerprint density at radius 3 is 1.27 bits per heavy atom. The summed E-state index contributed by atoms with van der Waals surface area (Å²) in [6, 6.07) is 61.4. The van der Waals surface area contributed by atoms with Crippen LogP contribution in [0.4, 0.5) is 0 Å². The molecule has 2 aromatic heterocycles. The van der Waals surface area contributed by atoms with Gasteiger partial charge in [0.2, 0.25) is 0 Å². The second-order valence-electron chi connectivity index (χ2n) is 21.9. The molecule has 2 fully saturated rings. The zero-order chi connectivity index (χ0) is 55.6. The van der Waals surface area contributed by atoms with Crippen LogP contribution < -0.4 is 18.9 Å². The Hall–Kier alpha value is -8.58. The third-order valence-corrected chi connectivity index (χ3v) is 16.6. The number of likely N-dealkylation sites (tertiary alicyclic amines) is 2. The number of aromatic nitrogens is 2. The molecule has 0 spiro atoms. The number of piperidine rings is 2. The van der Waals surface area contributed by atoms with Crippen molar-refractivity contribution in [1.29, 1.82) is 0 Å². The van der Waals surface area contributed by atoms with Gasteiger partial charge in [0.15, 0.2) is 0 Å². The van der Waals surface area contributed by atoms with Crippen LogP contribution >= 0.6 is 0 Å². The van der Waals surface area contributed by atoms with Crippen LogP contribution in [-0.2, 0) is 43.1 Å². The smallest absolute Gasteiger partial charge is 0.418 e. The molecule has 12 heteroatoms. The van der Waals surface area contributed by atoms with Crippen LogP contribution in [-0.4, -0.2) is 97.4 Å². The number of ether oxygens (including phenoxy) is 6. The highest BCUT2D eigenvalue weighted by atomic mass is 16.6. The Morgan fingerprint density at radius 2 is 0.829 bits per heavy atom. The lowest BCUT2D eigenvalue weighted by Gasteiger charge is -2.43. The lowest BCUT2D eigenvalue weighted by Crippen LogP contribution is -2.49. The summed E-state index contributed by atoms with van der Waals surface area (Å²) in [6.45, 7) is 6.50. The maximum Gasteiger partial charge on any atom is 0.418 e. The van der Waals surface area contributed by atoms with Gasteiger partial charge in [0.05, 0.1) is 26.4 Å². The van der Waals surface area contributed by atoms with Gasteiger partial charge in [-0.3, -0.25) is 0 Å². The molecule has 12 nitrogen and oxygen atoms in total. The summed E-state index contributed by atoms with van der Waals surface area (Å²) in [6.07, 6.45) is 9.09. The minimum Gasteiger partial charge on any atom is -0.493 e. The molecule has 2 aliphatic rings. The first kappa shape index (κ1) is 54.0. The molecular weight excluding hydrogens is 1020 g/mol. The molecule has 418 valence electrons. The molecule has 8 aromatic carbocycles. The summed E-state index contributed by atoms with van der Waals surface area (Å²) in [7, 11) is 0. The van der Waals surface area contributed by atoms with Crippen molar-refractivity contribution in [1.82, 2.24) is 19.8 Å². The van der Waals surface area contributed by atoms with Crippen LogP contribution in [0.15, 0.2) is 194 Å². The molecule has 2 aliphatic heterocycles. The number of aromatic amines is 2. The van der Waals surface area contributed by atoms with Crippen molar-refractivity contribution < 1.29 is 38.0 Å². The Kier molecular flexibility index (Phi) is 16.5. The number of hydrogen-bond acceptors (Lipinski definition) is 10. The Labute approximate surface area is 478 Å². The van der Waals surface area contributed by atoms with Crippen LogP contribution in [0.3, 0.4) is 0 Å². The van der Waals surface area contributed by atoms with Crippen LogP contribution in [0.1, 0.15) is 60.8 Å². The number of nitrogens with zero attached hydrogens (tertiary/aromatic N) is 2. The average molecular weight is 1100 g/mol. The van der Waals surface area contributed by atoms with Gasteiger partial charge in [0.25, 0.3) is 0 Å². The van der Waals surface area contributed by atoms with E-state index in [9.17, 15) is 9.59 Å². The third kappa shape index (κ3) is 12.6. The second kappa shape index (κ2) is 25.1. The Bertz CT molecular complexity index is 3520. The zero-order valence-electron chi connectivity index (χ0n) is 46.4. The fraction of sp³-hybridized carbons (Fsp3) is 0.286. The van der Waals surface area contributed by atoms with Gasteiger partial charge >= 0.3 is 11.9 Å². The minimum atomic E-state index is -1.08. The normalized spacial score (nSPS) is 15.4. The van der Waals surface area contributed by atoms with Gasteiger partial charge < -0.3 is 48.2 Å². The molecule has 0 unspecified atom stereocenters. The number of fused-ring (bicyclic) bond motifs is 4. The van der Waals surface area contributed by atoms with Gasteiger partial charge in [-0.25, -0.2) is 9.59 Å². The predicted octanol–water partition coefficient (Wildman–Crippen LogP) is 13.5. The monoisotopic (exact) mass is 1090 g/mol. The maximum absolute atomic E-state index is 14.7. The standard InChI is InChI=1S/C70H70N4O8/c75-67(81-69(31-39-73(40-32-69)37-9-43-79-65-17-7-15-63-61(65)27-35-71-63)57-23-19-55-49-59(25-21-53(55)47-57)77-45-29-51-11-3-1-4-12-51)68(76)82-70(33-41-74(42-34-70)38-10-44-80-66-18-8-16-64-62(66)28-36-72-64)58-24-20-56-50-60(26-22-54(56)48-58)78-46-30-52-13-5-2-6-14-52/h1-8,11-28,35-36,47-50,71-72H,9-10,29-34,37-46H2. The minimum absolute atomic E-state index is 0.495. The first-order valence-electron chi connectivity index (χ1n) is 29.0. The predicted molar refractivity (Wildman–Crippen MR) is 323 cm³/mol. The van der Waals surface area contributed by atoms with Crippen LogP contribution in [0.25, 0.3) is 43.4 Å². The van der Waals surface area contributed by atoms with E-state index in [0.717, 1.165) is 116 Å². The van der Waals surface area contributed by atoms with E-state index in [1.165, 1.54) is 11.1 Å². The van der Waals surface area contributed by atoms with Crippen molar-refractivity contribution in [3.05, 3.63) is 217 Å². The van der Waals surface area contributed by atoms with Gasteiger partial charge in [-0.15, -0.1) is 0 Å². The van der Waals surface area contributed by atoms with Gasteiger partial charge in [0, 0.05) is 112 Å².